The van der Waals surface area contributed by atoms with Gasteiger partial charge in [0.2, 0.25) is 13.5 Å². The maximum atomic E-state index is 13.6. The highest BCUT2D eigenvalue weighted by Gasteiger charge is 2.52. The van der Waals surface area contributed by atoms with Crippen LogP contribution in [0, 0.1) is 0 Å². The van der Waals surface area contributed by atoms with Gasteiger partial charge in [0, 0.05) is 56.1 Å². The molecule has 4 fully saturated rings. The number of hydrogen-bond donors (Lipinski definition) is 2. The quantitative estimate of drug-likeness (QED) is 0.125. The molecule has 2 atom stereocenters. The van der Waals surface area contributed by atoms with Crippen LogP contribution >= 0.6 is 0 Å². The lowest BCUT2D eigenvalue weighted by Gasteiger charge is -2.24. The maximum Gasteiger partial charge on any atom is 0.314 e. The fraction of sp³-hybridized carbons (Fsp3) is 0.492. The Morgan fingerprint density at radius 1 is 0.616 bits per heavy atom. The van der Waals surface area contributed by atoms with Crippen molar-refractivity contribution < 1.29 is 58.1 Å². The summed E-state index contributed by atoms with van der Waals surface area (Å²) in [7, 11) is 0. The molecule has 2 saturated carbocycles. The smallest absolute Gasteiger partial charge is 0.314 e. The molecule has 0 bridgehead atoms. The second kappa shape index (κ2) is 18.4. The second-order valence-electron chi connectivity index (χ2n) is 23.4. The number of carboxylic acid groups (broad SMARTS) is 1. The number of Topliss-reactive ketones (excluding diaryl/α,β-unsaturated/α-hetero) is 1. The molecule has 4 aromatic carbocycles. The van der Waals surface area contributed by atoms with Crippen molar-refractivity contribution >= 4 is 39.2 Å². The number of carboxylic acids is 1. The zero-order valence-electron chi connectivity index (χ0n) is 47.6. The first-order chi connectivity index (χ1) is 35.8. The Kier molecular flexibility index (Phi) is 11.5. The van der Waals surface area contributed by atoms with Gasteiger partial charge in [-0.05, 0) is 137 Å². The van der Waals surface area contributed by atoms with Crippen molar-refractivity contribution in [1.82, 2.24) is 9.13 Å². The molecule has 0 radical (unpaired) electrons. The van der Waals surface area contributed by atoms with Crippen molar-refractivity contribution in [2.75, 3.05) is 32.4 Å². The van der Waals surface area contributed by atoms with Gasteiger partial charge in [0.1, 0.15) is 23.5 Å². The molecule has 0 unspecified atom stereocenters. The molecule has 2 aromatic heterocycles. The Hall–Kier alpha value is -6.06. The molecular formula is C59H71N3O11. The lowest BCUT2D eigenvalue weighted by atomic mass is 9.87. The van der Waals surface area contributed by atoms with Crippen LogP contribution in [0.15, 0.2) is 84.9 Å². The molecular weight excluding hydrogens is 927 g/mol. The number of hydrogen-bond acceptors (Lipinski definition) is 11. The number of aliphatic carboxylic acids is 1. The predicted octanol–water partition coefficient (Wildman–Crippen LogP) is 10.9. The van der Waals surface area contributed by atoms with Gasteiger partial charge in [-0.25, -0.2) is 0 Å². The third-order valence-corrected chi connectivity index (χ3v) is 14.7. The number of fused-ring (bicyclic) bond motifs is 4. The molecule has 388 valence electrons. The molecule has 0 amide bonds. The highest BCUT2D eigenvalue weighted by atomic mass is 16.7. The number of rotatable bonds is 10. The average molecular weight is 1000 g/mol. The number of ether oxygens (including phenoxy) is 8. The van der Waals surface area contributed by atoms with Gasteiger partial charge in [0.15, 0.2) is 34.6 Å². The molecule has 14 nitrogen and oxygen atoms in total. The Morgan fingerprint density at radius 3 is 1.51 bits per heavy atom. The summed E-state index contributed by atoms with van der Waals surface area (Å²) >= 11 is 0. The molecule has 14 heteroatoms. The molecule has 6 aromatic rings. The highest BCUT2D eigenvalue weighted by Crippen LogP contribution is 2.52. The number of nitrogens with zero attached hydrogens (tertiary/aromatic N) is 2. The number of carbonyl (C=O) groups excluding carboxylic acids is 1. The van der Waals surface area contributed by atoms with Crippen molar-refractivity contribution in [3.8, 4) is 23.0 Å². The molecule has 3 N–H and O–H groups in total. The number of benzene rings is 4. The maximum absolute atomic E-state index is 13.6. The van der Waals surface area contributed by atoms with Crippen molar-refractivity contribution in [3.63, 3.8) is 0 Å². The molecule has 4 aliphatic heterocycles. The van der Waals surface area contributed by atoms with Crippen molar-refractivity contribution in [3.05, 3.63) is 113 Å². The Labute approximate surface area is 433 Å². The van der Waals surface area contributed by atoms with Crippen LogP contribution in [-0.4, -0.2) is 76.5 Å². The molecule has 0 spiro atoms. The van der Waals surface area contributed by atoms with Crippen molar-refractivity contribution in [2.24, 2.45) is 0 Å². The molecule has 73 heavy (non-hydrogen) atoms. The van der Waals surface area contributed by atoms with Gasteiger partial charge in [-0.15, -0.1) is 0 Å². The van der Waals surface area contributed by atoms with E-state index in [1.54, 1.807) is 30.3 Å². The fourth-order valence-corrected chi connectivity index (χ4v) is 10.6. The number of nitrogens with two attached hydrogens (primary N) is 1. The minimum absolute atomic E-state index is 0.0188. The van der Waals surface area contributed by atoms with E-state index in [1.807, 2.05) is 45.9 Å². The summed E-state index contributed by atoms with van der Waals surface area (Å²) in [5, 5.41) is 11.5. The number of carbonyl (C=O) groups is 2. The lowest BCUT2D eigenvalue weighted by Crippen LogP contribution is -2.26. The largest absolute Gasteiger partial charge is 0.481 e. The zero-order chi connectivity index (χ0) is 55.5. The topological polar surface area (TPSA) is 164 Å². The Morgan fingerprint density at radius 2 is 1.07 bits per heavy atom. The van der Waals surface area contributed by atoms with Gasteiger partial charge in [-0.1, -0.05) is 59.7 Å². The van der Waals surface area contributed by atoms with Crippen LogP contribution in [0.3, 0.4) is 0 Å². The van der Waals surface area contributed by atoms with Crippen LogP contribution in [-0.2, 0) is 69.7 Å². The summed E-state index contributed by atoms with van der Waals surface area (Å²) in [5.74, 6) is -0.438. The summed E-state index contributed by atoms with van der Waals surface area (Å²) in [6, 6.07) is 27.0. The van der Waals surface area contributed by atoms with Crippen LogP contribution in [0.2, 0.25) is 0 Å². The first kappa shape index (κ1) is 45.5. The van der Waals surface area contributed by atoms with Gasteiger partial charge in [-0.2, -0.15) is 0 Å². The number of anilines is 1. The fourth-order valence-electron chi connectivity index (χ4n) is 10.6. The van der Waals surface area contributed by atoms with Crippen LogP contribution in [0.4, 0.5) is 5.69 Å². The van der Waals surface area contributed by atoms with E-state index in [1.165, 1.54) is 22.3 Å². The van der Waals surface area contributed by atoms with Gasteiger partial charge in [0.05, 0.1) is 37.1 Å². The summed E-state index contributed by atoms with van der Waals surface area (Å²) in [4.78, 5) is 24.8. The predicted molar refractivity (Wildman–Crippen MR) is 279 cm³/mol. The first-order valence-electron chi connectivity index (χ1n) is 27.3. The first-order valence-corrected chi connectivity index (χ1v) is 25.3. The van der Waals surface area contributed by atoms with Crippen molar-refractivity contribution in [2.45, 2.75) is 160 Å². The van der Waals surface area contributed by atoms with E-state index >= 15 is 0 Å². The van der Waals surface area contributed by atoms with Gasteiger partial charge in [-0.3, -0.25) is 9.59 Å². The second-order valence-corrected chi connectivity index (χ2v) is 23.4. The van der Waals surface area contributed by atoms with Crippen LogP contribution in [0.25, 0.3) is 21.8 Å². The number of aromatic nitrogens is 2. The molecule has 12 rings (SSSR count). The molecule has 6 aliphatic rings. The SMILES string of the molecule is CC1(C)OC[C@@H](Cn2c(C(C)(C)C)cc3cc(N)ccc32)O1.[2H]C1([2H])Oc2ccc(C3(C(=O)Cc4ccc5c(c4)cc(C(C)(C)C)n5C[C@@H]4COC(C)(C)O4)CC3)cc2O1.[2H]C1([2H])Oc2ccc(C3(C(=O)O)CC3)cc2O1. The van der Waals surface area contributed by atoms with E-state index < -0.39 is 41.9 Å². The van der Waals surface area contributed by atoms with Gasteiger partial charge < -0.3 is 57.9 Å². The highest BCUT2D eigenvalue weighted by molar-refractivity contribution is 5.95. The summed E-state index contributed by atoms with van der Waals surface area (Å²) in [6.07, 6.45) is 3.17. The molecule has 6 heterocycles. The minimum Gasteiger partial charge on any atom is -0.481 e. The third kappa shape index (κ3) is 10.3. The molecule has 2 aliphatic carbocycles. The number of nitrogen functional groups attached to an aromatic ring is 1. The van der Waals surface area contributed by atoms with Gasteiger partial charge >= 0.3 is 5.97 Å². The third-order valence-electron chi connectivity index (χ3n) is 14.7. The van der Waals surface area contributed by atoms with E-state index in [4.69, 9.17) is 54.2 Å². The van der Waals surface area contributed by atoms with E-state index in [2.05, 4.69) is 87.1 Å². The van der Waals surface area contributed by atoms with E-state index in [0.29, 0.717) is 61.8 Å². The van der Waals surface area contributed by atoms with Crippen LogP contribution < -0.4 is 24.7 Å². The van der Waals surface area contributed by atoms with Crippen molar-refractivity contribution in [1.29, 1.82) is 0 Å². The van der Waals surface area contributed by atoms with E-state index in [-0.39, 0.29) is 34.6 Å². The normalized spacial score (nSPS) is 23.5. The minimum atomic E-state index is -2.17. The summed E-state index contributed by atoms with van der Waals surface area (Å²) in [5.41, 5.74) is 12.7. The number of ketones is 1. The van der Waals surface area contributed by atoms with Crippen LogP contribution in [0.5, 0.6) is 23.0 Å². The van der Waals surface area contributed by atoms with Crippen LogP contribution in [0.1, 0.15) is 128 Å². The van der Waals surface area contributed by atoms with E-state index in [9.17, 15) is 9.59 Å². The monoisotopic (exact) mass is 1000 g/mol. The summed E-state index contributed by atoms with van der Waals surface area (Å²) in [6.45, 7) is 19.5. The Balaban J connectivity index is 0.000000145. The average Bonchev–Trinajstić information content (AvgIpc) is 4.09. The Bertz CT molecular complexity index is 3280. The standard InChI is InChI=1S/C30H35NO5.C18H26N2O2.C11H10O4/c1-28(2,3)26-14-20-12-19(6-8-23(20)31(26)16-22-17-35-29(4,5)36-22)13-27(32)30(10-11-30)21-7-9-24-25(15-21)34-18-33-24;1-17(2,3)16-9-12-8-13(19)6-7-15(12)20(16)10-14-11-21-18(4,5)22-14;12-10(13)11(3-4-11)7-1-2-8-9(5-7)15-6-14-8/h6-9,12,14-15,22H,10-11,13,16-18H2,1-5H3;6-9,14H,10-11,19H2,1-5H3;1-2,5H,3-4,6H2,(H,12,13)/t22-;14-;/m11./s1/i18D2;;6D2. The zero-order valence-corrected chi connectivity index (χ0v) is 43.6. The van der Waals surface area contributed by atoms with E-state index in [0.717, 1.165) is 47.1 Å². The molecule has 2 saturated heterocycles. The van der Waals surface area contributed by atoms with Gasteiger partial charge in [0.25, 0.3) is 0 Å². The lowest BCUT2D eigenvalue weighted by molar-refractivity contribution is -0.140. The summed E-state index contributed by atoms with van der Waals surface area (Å²) < 4.78 is 78.6.